The van der Waals surface area contributed by atoms with E-state index < -0.39 is 0 Å². The fraction of sp³-hybridized carbons (Fsp3) is 0.667. The zero-order valence-corrected chi connectivity index (χ0v) is 13.8. The third-order valence-electron chi connectivity index (χ3n) is 4.12. The van der Waals surface area contributed by atoms with E-state index in [0.717, 1.165) is 36.2 Å². The van der Waals surface area contributed by atoms with Gasteiger partial charge in [-0.3, -0.25) is 4.79 Å². The second kappa shape index (κ2) is 5.31. The first-order chi connectivity index (χ1) is 8.82. The molecule has 0 saturated carbocycles. The van der Waals surface area contributed by atoms with E-state index >= 15 is 0 Å². The number of amides is 1. The van der Waals surface area contributed by atoms with E-state index in [1.807, 2.05) is 21.7 Å². The van der Waals surface area contributed by atoms with E-state index in [2.05, 4.69) is 43.6 Å². The van der Waals surface area contributed by atoms with Crippen LogP contribution in [0.25, 0.3) is 0 Å². The minimum atomic E-state index is 0.166. The quantitative estimate of drug-likeness (QED) is 0.811. The Hall–Kier alpha value is -0.770. The number of carbonyl (C=O) groups excluding carboxylic acids is 1. The summed E-state index contributed by atoms with van der Waals surface area (Å²) < 4.78 is 2.99. The van der Waals surface area contributed by atoms with Gasteiger partial charge in [-0.2, -0.15) is 0 Å². The average Bonchev–Trinajstić information content (AvgIpc) is 2.93. The molecule has 106 valence electrons. The fourth-order valence-corrected chi connectivity index (χ4v) is 3.19. The molecule has 2 rings (SSSR count). The van der Waals surface area contributed by atoms with Crippen LogP contribution in [-0.4, -0.2) is 28.5 Å². The van der Waals surface area contributed by atoms with E-state index in [1.54, 1.807) is 0 Å². The van der Waals surface area contributed by atoms with Gasteiger partial charge >= 0.3 is 0 Å². The van der Waals surface area contributed by atoms with Crippen LogP contribution in [-0.2, 0) is 6.54 Å². The van der Waals surface area contributed by atoms with Crippen LogP contribution in [0, 0.1) is 11.3 Å². The molecule has 1 atom stereocenters. The first-order valence-corrected chi connectivity index (χ1v) is 7.77. The number of halogens is 1. The van der Waals surface area contributed by atoms with Crippen molar-refractivity contribution in [2.24, 2.45) is 11.3 Å². The molecular weight excluding hydrogens is 304 g/mol. The third-order valence-corrected chi connectivity index (χ3v) is 4.56. The van der Waals surface area contributed by atoms with Gasteiger partial charge in [0.25, 0.3) is 5.91 Å². The zero-order valence-electron chi connectivity index (χ0n) is 12.2. The third kappa shape index (κ3) is 3.04. The smallest absolute Gasteiger partial charge is 0.270 e. The fourth-order valence-electron chi connectivity index (χ4n) is 2.73. The minimum Gasteiger partial charge on any atom is -0.343 e. The normalized spacial score (nSPS) is 20.1. The maximum atomic E-state index is 12.6. The second-order valence-electron chi connectivity index (χ2n) is 6.43. The molecule has 1 aromatic heterocycles. The van der Waals surface area contributed by atoms with Crippen molar-refractivity contribution in [3.8, 4) is 0 Å². The Morgan fingerprint density at radius 1 is 1.47 bits per heavy atom. The number of aryl methyl sites for hydroxylation is 1. The van der Waals surface area contributed by atoms with Gasteiger partial charge in [0.15, 0.2) is 0 Å². The largest absolute Gasteiger partial charge is 0.343 e. The van der Waals surface area contributed by atoms with Gasteiger partial charge in [0, 0.05) is 30.3 Å². The maximum absolute atomic E-state index is 12.6. The summed E-state index contributed by atoms with van der Waals surface area (Å²) in [5, 5.41) is 0. The number of hydrogen-bond donors (Lipinski definition) is 0. The first-order valence-electron chi connectivity index (χ1n) is 6.98. The van der Waals surface area contributed by atoms with Gasteiger partial charge < -0.3 is 9.47 Å². The van der Waals surface area contributed by atoms with E-state index in [0.29, 0.717) is 5.92 Å². The maximum Gasteiger partial charge on any atom is 0.270 e. The predicted octanol–water partition coefficient (Wildman–Crippen LogP) is 3.78. The summed E-state index contributed by atoms with van der Waals surface area (Å²) in [6, 6.07) is 1.93. The van der Waals surface area contributed by atoms with Crippen LogP contribution in [0.3, 0.4) is 0 Å². The van der Waals surface area contributed by atoms with E-state index in [1.165, 1.54) is 0 Å². The summed E-state index contributed by atoms with van der Waals surface area (Å²) in [7, 11) is 0. The zero-order chi connectivity index (χ0) is 14.2. The topological polar surface area (TPSA) is 25.2 Å². The molecule has 0 aliphatic carbocycles. The molecule has 1 fully saturated rings. The van der Waals surface area contributed by atoms with Crippen molar-refractivity contribution in [1.29, 1.82) is 0 Å². The van der Waals surface area contributed by atoms with Crippen LogP contribution in [0.4, 0.5) is 0 Å². The molecule has 0 N–H and O–H groups in total. The van der Waals surface area contributed by atoms with Crippen molar-refractivity contribution in [3.63, 3.8) is 0 Å². The molecule has 1 saturated heterocycles. The average molecular weight is 327 g/mol. The van der Waals surface area contributed by atoms with Crippen LogP contribution in [0.5, 0.6) is 0 Å². The Balaban J connectivity index is 2.13. The molecule has 0 spiro atoms. The van der Waals surface area contributed by atoms with Crippen LogP contribution < -0.4 is 0 Å². The molecule has 1 aliphatic rings. The molecule has 1 unspecified atom stereocenters. The summed E-state index contributed by atoms with van der Waals surface area (Å²) in [6.45, 7) is 11.4. The minimum absolute atomic E-state index is 0.166. The highest BCUT2D eigenvalue weighted by atomic mass is 79.9. The van der Waals surface area contributed by atoms with E-state index in [4.69, 9.17) is 0 Å². The van der Waals surface area contributed by atoms with Crippen molar-refractivity contribution >= 4 is 21.8 Å². The number of hydrogen-bond acceptors (Lipinski definition) is 1. The molecular formula is C15H23BrN2O. The summed E-state index contributed by atoms with van der Waals surface area (Å²) in [6.07, 6.45) is 3.09. The van der Waals surface area contributed by atoms with Crippen LogP contribution in [0.2, 0.25) is 0 Å². The van der Waals surface area contributed by atoms with Crippen molar-refractivity contribution in [1.82, 2.24) is 9.47 Å². The summed E-state index contributed by atoms with van der Waals surface area (Å²) in [4.78, 5) is 14.6. The van der Waals surface area contributed by atoms with Crippen molar-refractivity contribution in [2.75, 3.05) is 13.1 Å². The molecule has 4 heteroatoms. The molecule has 19 heavy (non-hydrogen) atoms. The van der Waals surface area contributed by atoms with E-state index in [9.17, 15) is 4.79 Å². The SMILES string of the molecule is CCn1cc(Br)cc1C(=O)N1CCC(C(C)(C)C)C1. The van der Waals surface area contributed by atoms with Gasteiger partial charge in [-0.1, -0.05) is 20.8 Å². The molecule has 2 heterocycles. The summed E-state index contributed by atoms with van der Waals surface area (Å²) in [5.74, 6) is 0.768. The molecule has 1 aromatic rings. The number of aromatic nitrogens is 1. The standard InChI is InChI=1S/C15H23BrN2O/c1-5-17-10-12(16)8-13(17)14(19)18-7-6-11(9-18)15(2,3)4/h8,10-11H,5-7,9H2,1-4H3. The Morgan fingerprint density at radius 3 is 2.68 bits per heavy atom. The van der Waals surface area contributed by atoms with Gasteiger partial charge in [-0.25, -0.2) is 0 Å². The number of rotatable bonds is 2. The number of likely N-dealkylation sites (tertiary alicyclic amines) is 1. The monoisotopic (exact) mass is 326 g/mol. The van der Waals surface area contributed by atoms with Crippen LogP contribution >= 0.6 is 15.9 Å². The van der Waals surface area contributed by atoms with Crippen molar-refractivity contribution < 1.29 is 4.79 Å². The number of carbonyl (C=O) groups is 1. The Kier molecular flexibility index (Phi) is 4.09. The Labute approximate surface area is 124 Å². The summed E-state index contributed by atoms with van der Waals surface area (Å²) in [5.41, 5.74) is 1.08. The highest BCUT2D eigenvalue weighted by Gasteiger charge is 2.34. The Morgan fingerprint density at radius 2 is 2.16 bits per heavy atom. The van der Waals surface area contributed by atoms with Gasteiger partial charge in [0.1, 0.15) is 5.69 Å². The number of nitrogens with zero attached hydrogens (tertiary/aromatic N) is 2. The van der Waals surface area contributed by atoms with Gasteiger partial charge in [0.05, 0.1) is 0 Å². The van der Waals surface area contributed by atoms with Gasteiger partial charge in [0.2, 0.25) is 0 Å². The van der Waals surface area contributed by atoms with Crippen molar-refractivity contribution in [2.45, 2.75) is 40.7 Å². The highest BCUT2D eigenvalue weighted by Crippen LogP contribution is 2.34. The van der Waals surface area contributed by atoms with Gasteiger partial charge in [-0.05, 0) is 46.7 Å². The van der Waals surface area contributed by atoms with Crippen molar-refractivity contribution in [3.05, 3.63) is 22.4 Å². The molecule has 1 amide bonds. The molecule has 1 aliphatic heterocycles. The lowest BCUT2D eigenvalue weighted by Gasteiger charge is -2.27. The lowest BCUT2D eigenvalue weighted by molar-refractivity contribution is 0.0766. The molecule has 0 aromatic carbocycles. The highest BCUT2D eigenvalue weighted by molar-refractivity contribution is 9.10. The molecule has 0 radical (unpaired) electrons. The lowest BCUT2D eigenvalue weighted by atomic mass is 9.80. The van der Waals surface area contributed by atoms with Crippen LogP contribution in [0.1, 0.15) is 44.6 Å². The summed E-state index contributed by atoms with van der Waals surface area (Å²) >= 11 is 3.45. The second-order valence-corrected chi connectivity index (χ2v) is 7.35. The molecule has 0 bridgehead atoms. The lowest BCUT2D eigenvalue weighted by Crippen LogP contribution is -2.32. The van der Waals surface area contributed by atoms with Crippen LogP contribution in [0.15, 0.2) is 16.7 Å². The first kappa shape index (κ1) is 14.6. The van der Waals surface area contributed by atoms with E-state index in [-0.39, 0.29) is 11.3 Å². The predicted molar refractivity (Wildman–Crippen MR) is 81.3 cm³/mol. The molecule has 3 nitrogen and oxygen atoms in total. The Bertz CT molecular complexity index is 473. The van der Waals surface area contributed by atoms with Gasteiger partial charge in [-0.15, -0.1) is 0 Å².